The number of rotatable bonds is 6. The second-order valence-electron chi connectivity index (χ2n) is 5.65. The van der Waals surface area contributed by atoms with E-state index in [1.54, 1.807) is 19.2 Å². The lowest BCUT2D eigenvalue weighted by atomic mass is 10.1. The third-order valence-corrected chi connectivity index (χ3v) is 5.03. The molecule has 0 bridgehead atoms. The number of nitrogens with one attached hydrogen (secondary N) is 2. The van der Waals surface area contributed by atoms with Crippen LogP contribution in [0.2, 0.25) is 5.02 Å². The van der Waals surface area contributed by atoms with Gasteiger partial charge in [-0.2, -0.15) is 0 Å². The van der Waals surface area contributed by atoms with Gasteiger partial charge in [0, 0.05) is 31.4 Å². The second-order valence-corrected chi connectivity index (χ2v) is 8.10. The van der Waals surface area contributed by atoms with Crippen molar-refractivity contribution in [3.63, 3.8) is 0 Å². The first-order valence-corrected chi connectivity index (χ1v) is 10.1. The fourth-order valence-electron chi connectivity index (χ4n) is 2.24. The summed E-state index contributed by atoms with van der Waals surface area (Å²) in [6, 6.07) is 14.6. The van der Waals surface area contributed by atoms with Crippen molar-refractivity contribution < 1.29 is 8.42 Å². The van der Waals surface area contributed by atoms with Crippen molar-refractivity contribution in [2.75, 3.05) is 19.8 Å². The van der Waals surface area contributed by atoms with E-state index < -0.39 is 9.84 Å². The lowest BCUT2D eigenvalue weighted by Crippen LogP contribution is -2.37. The summed E-state index contributed by atoms with van der Waals surface area (Å²) in [5, 5.41) is 7.19. The Morgan fingerprint density at radius 3 is 2.16 bits per heavy atom. The highest BCUT2D eigenvalue weighted by molar-refractivity contribution is 7.90. The lowest BCUT2D eigenvalue weighted by Gasteiger charge is -2.12. The molecule has 0 aliphatic carbocycles. The van der Waals surface area contributed by atoms with Crippen molar-refractivity contribution in [1.29, 1.82) is 0 Å². The lowest BCUT2D eigenvalue weighted by molar-refractivity contribution is 0.602. The Morgan fingerprint density at radius 1 is 1.00 bits per heavy atom. The summed E-state index contributed by atoms with van der Waals surface area (Å²) in [5.41, 5.74) is 2.18. The van der Waals surface area contributed by atoms with Crippen molar-refractivity contribution in [1.82, 2.24) is 10.6 Å². The molecule has 2 N–H and O–H groups in total. The standard InChI is InChI=1S/C18H22ClN3O2S/c1-20-18(22-13-15-3-7-16(19)8-4-15)21-12-11-14-5-9-17(10-6-14)25(2,23)24/h3-10H,11-13H2,1-2H3,(H2,20,21,22). The molecule has 0 aromatic heterocycles. The van der Waals surface area contributed by atoms with Crippen molar-refractivity contribution in [2.24, 2.45) is 4.99 Å². The highest BCUT2D eigenvalue weighted by Gasteiger charge is 2.06. The van der Waals surface area contributed by atoms with Crippen LogP contribution in [0.5, 0.6) is 0 Å². The molecular weight excluding hydrogens is 358 g/mol. The first-order valence-electron chi connectivity index (χ1n) is 7.86. The Bertz CT molecular complexity index is 816. The molecule has 0 heterocycles. The fraction of sp³-hybridized carbons (Fsp3) is 0.278. The zero-order chi connectivity index (χ0) is 18.3. The van der Waals surface area contributed by atoms with E-state index in [4.69, 9.17) is 11.6 Å². The zero-order valence-electron chi connectivity index (χ0n) is 14.3. The average molecular weight is 380 g/mol. The number of halogens is 1. The van der Waals surface area contributed by atoms with E-state index in [-0.39, 0.29) is 0 Å². The molecular formula is C18H22ClN3O2S. The molecule has 0 amide bonds. The Labute approximate surface area is 154 Å². The Kier molecular flexibility index (Phi) is 6.84. The molecule has 2 aromatic carbocycles. The van der Waals surface area contributed by atoms with Gasteiger partial charge in [0.25, 0.3) is 0 Å². The summed E-state index contributed by atoms with van der Waals surface area (Å²) < 4.78 is 22.9. The maximum atomic E-state index is 11.5. The third kappa shape index (κ3) is 6.40. The first kappa shape index (κ1) is 19.3. The molecule has 0 aliphatic rings. The minimum Gasteiger partial charge on any atom is -0.356 e. The third-order valence-electron chi connectivity index (χ3n) is 3.65. The van der Waals surface area contributed by atoms with Gasteiger partial charge in [0.05, 0.1) is 4.90 Å². The van der Waals surface area contributed by atoms with E-state index in [1.165, 1.54) is 6.26 Å². The van der Waals surface area contributed by atoms with Crippen LogP contribution in [-0.4, -0.2) is 34.2 Å². The van der Waals surface area contributed by atoms with Gasteiger partial charge in [-0.15, -0.1) is 0 Å². The molecule has 0 fully saturated rings. The normalized spacial score (nSPS) is 12.0. The number of sulfone groups is 1. The Balaban J connectivity index is 1.80. The number of aliphatic imine (C=N–C) groups is 1. The van der Waals surface area contributed by atoms with Crippen molar-refractivity contribution >= 4 is 27.4 Å². The van der Waals surface area contributed by atoms with Gasteiger partial charge < -0.3 is 10.6 Å². The van der Waals surface area contributed by atoms with Crippen molar-refractivity contribution in [3.05, 3.63) is 64.7 Å². The molecule has 2 rings (SSSR count). The fourth-order valence-corrected chi connectivity index (χ4v) is 2.99. The number of nitrogens with zero attached hydrogens (tertiary/aromatic N) is 1. The summed E-state index contributed by atoms with van der Waals surface area (Å²) in [7, 11) is -1.43. The van der Waals surface area contributed by atoms with Gasteiger partial charge in [0.15, 0.2) is 15.8 Å². The molecule has 0 spiro atoms. The van der Waals surface area contributed by atoms with E-state index in [0.29, 0.717) is 29.0 Å². The van der Waals surface area contributed by atoms with E-state index in [9.17, 15) is 8.42 Å². The second kappa shape index (κ2) is 8.87. The van der Waals surface area contributed by atoms with E-state index in [2.05, 4.69) is 15.6 Å². The molecule has 0 saturated carbocycles. The van der Waals surface area contributed by atoms with E-state index in [1.807, 2.05) is 36.4 Å². The number of benzene rings is 2. The maximum absolute atomic E-state index is 11.5. The van der Waals surface area contributed by atoms with E-state index >= 15 is 0 Å². The number of hydrogen-bond donors (Lipinski definition) is 2. The molecule has 0 radical (unpaired) electrons. The average Bonchev–Trinajstić information content (AvgIpc) is 2.59. The molecule has 0 atom stereocenters. The molecule has 0 saturated heterocycles. The van der Waals surface area contributed by atoms with Gasteiger partial charge >= 0.3 is 0 Å². The van der Waals surface area contributed by atoms with Crippen LogP contribution in [0.4, 0.5) is 0 Å². The highest BCUT2D eigenvalue weighted by atomic mass is 35.5. The van der Waals surface area contributed by atoms with Crippen molar-refractivity contribution in [3.8, 4) is 0 Å². The van der Waals surface area contributed by atoms with Crippen LogP contribution in [0.25, 0.3) is 0 Å². The zero-order valence-corrected chi connectivity index (χ0v) is 15.9. The smallest absolute Gasteiger partial charge is 0.191 e. The van der Waals surface area contributed by atoms with Crippen LogP contribution in [0, 0.1) is 0 Å². The predicted molar refractivity (Wildman–Crippen MR) is 103 cm³/mol. The van der Waals surface area contributed by atoms with Crippen LogP contribution in [0.3, 0.4) is 0 Å². The number of guanidine groups is 1. The summed E-state index contributed by atoms with van der Waals surface area (Å²) in [6.07, 6.45) is 1.98. The van der Waals surface area contributed by atoms with Crippen LogP contribution in [0.15, 0.2) is 58.4 Å². The topological polar surface area (TPSA) is 70.6 Å². The summed E-state index contributed by atoms with van der Waals surface area (Å²) in [6.45, 7) is 1.35. The van der Waals surface area contributed by atoms with Crippen LogP contribution in [0.1, 0.15) is 11.1 Å². The molecule has 0 unspecified atom stereocenters. The van der Waals surface area contributed by atoms with E-state index in [0.717, 1.165) is 17.5 Å². The molecule has 5 nitrogen and oxygen atoms in total. The molecule has 25 heavy (non-hydrogen) atoms. The molecule has 7 heteroatoms. The van der Waals surface area contributed by atoms with Crippen molar-refractivity contribution in [2.45, 2.75) is 17.9 Å². The minimum atomic E-state index is -3.15. The van der Waals surface area contributed by atoms with Gasteiger partial charge in [-0.3, -0.25) is 4.99 Å². The van der Waals surface area contributed by atoms with Gasteiger partial charge in [-0.05, 0) is 41.8 Å². The highest BCUT2D eigenvalue weighted by Crippen LogP contribution is 2.11. The quantitative estimate of drug-likeness (QED) is 0.598. The van der Waals surface area contributed by atoms with Gasteiger partial charge in [-0.1, -0.05) is 35.9 Å². The monoisotopic (exact) mass is 379 g/mol. The van der Waals surface area contributed by atoms with Gasteiger partial charge in [-0.25, -0.2) is 8.42 Å². The maximum Gasteiger partial charge on any atom is 0.191 e. The van der Waals surface area contributed by atoms with Crippen LogP contribution < -0.4 is 10.6 Å². The largest absolute Gasteiger partial charge is 0.356 e. The van der Waals surface area contributed by atoms with Crippen LogP contribution in [-0.2, 0) is 22.8 Å². The van der Waals surface area contributed by atoms with Crippen LogP contribution >= 0.6 is 11.6 Å². The SMILES string of the molecule is CN=C(NCCc1ccc(S(C)(=O)=O)cc1)NCc1ccc(Cl)cc1. The summed E-state index contributed by atoms with van der Waals surface area (Å²) >= 11 is 5.87. The minimum absolute atomic E-state index is 0.338. The number of hydrogen-bond acceptors (Lipinski definition) is 3. The summed E-state index contributed by atoms with van der Waals surface area (Å²) in [4.78, 5) is 4.52. The Morgan fingerprint density at radius 2 is 1.60 bits per heavy atom. The molecule has 2 aromatic rings. The Hall–Kier alpha value is -2.05. The molecule has 0 aliphatic heterocycles. The van der Waals surface area contributed by atoms with Gasteiger partial charge in [0.2, 0.25) is 0 Å². The first-order chi connectivity index (χ1) is 11.9. The van der Waals surface area contributed by atoms with Gasteiger partial charge in [0.1, 0.15) is 0 Å². The predicted octanol–water partition coefficient (Wildman–Crippen LogP) is 2.65. The molecule has 134 valence electrons. The summed E-state index contributed by atoms with van der Waals surface area (Å²) in [5.74, 6) is 0.711.